The molecular formula is C29H21BrN6O2. The average Bonchev–Trinajstić information content (AvgIpc) is 2.90. The number of nitrogens with one attached hydrogen (secondary N) is 1. The van der Waals surface area contributed by atoms with Gasteiger partial charge in [0.1, 0.15) is 16.0 Å². The first-order valence-electron chi connectivity index (χ1n) is 11.5. The molecule has 4 aromatic rings. The van der Waals surface area contributed by atoms with E-state index >= 15 is 0 Å². The molecule has 0 aliphatic heterocycles. The lowest BCUT2D eigenvalue weighted by molar-refractivity contribution is 0.423. The number of anilines is 2. The Bertz CT molecular complexity index is 1540. The lowest BCUT2D eigenvalue weighted by Gasteiger charge is -2.17. The van der Waals surface area contributed by atoms with Crippen molar-refractivity contribution in [2.45, 2.75) is 27.7 Å². The van der Waals surface area contributed by atoms with Crippen molar-refractivity contribution >= 4 is 27.6 Å². The van der Waals surface area contributed by atoms with E-state index in [1.807, 2.05) is 27.7 Å². The third kappa shape index (κ3) is 5.57. The number of aromatic nitrogens is 2. The zero-order valence-electron chi connectivity index (χ0n) is 21.0. The van der Waals surface area contributed by atoms with Crippen molar-refractivity contribution in [1.82, 2.24) is 9.97 Å². The lowest BCUT2D eigenvalue weighted by Crippen LogP contribution is -2.04. The largest absolute Gasteiger partial charge is 0.437 e. The van der Waals surface area contributed by atoms with Crippen molar-refractivity contribution in [1.29, 1.82) is 15.8 Å². The third-order valence-corrected chi connectivity index (χ3v) is 6.32. The Balaban J connectivity index is 1.80. The Kier molecular flexibility index (Phi) is 7.58. The fourth-order valence-electron chi connectivity index (χ4n) is 3.90. The summed E-state index contributed by atoms with van der Waals surface area (Å²) in [7, 11) is 0. The number of hydrogen-bond acceptors (Lipinski definition) is 8. The molecule has 0 aliphatic carbocycles. The molecule has 0 amide bonds. The first-order valence-corrected chi connectivity index (χ1v) is 12.2. The molecule has 0 unspecified atom stereocenters. The number of aryl methyl sites for hydroxylation is 4. The second-order valence-corrected chi connectivity index (χ2v) is 9.38. The average molecular weight is 565 g/mol. The topological polar surface area (TPSA) is 128 Å². The van der Waals surface area contributed by atoms with Crippen molar-refractivity contribution in [3.8, 4) is 41.5 Å². The molecule has 9 heteroatoms. The Morgan fingerprint density at radius 3 is 1.42 bits per heavy atom. The van der Waals surface area contributed by atoms with Crippen LogP contribution in [0.2, 0.25) is 0 Å². The van der Waals surface area contributed by atoms with Gasteiger partial charge in [-0.05, 0) is 114 Å². The summed E-state index contributed by atoms with van der Waals surface area (Å²) in [6.45, 7) is 7.42. The summed E-state index contributed by atoms with van der Waals surface area (Å²) in [5, 5.41) is 30.8. The highest BCUT2D eigenvalue weighted by atomic mass is 79.9. The van der Waals surface area contributed by atoms with E-state index in [9.17, 15) is 10.5 Å². The smallest absolute Gasteiger partial charge is 0.242 e. The summed E-state index contributed by atoms with van der Waals surface area (Å²) >= 11 is 3.55. The Hall–Kier alpha value is -4.91. The second-order valence-electron chi connectivity index (χ2n) is 8.59. The van der Waals surface area contributed by atoms with E-state index < -0.39 is 0 Å². The number of rotatable bonds is 6. The van der Waals surface area contributed by atoms with Crippen LogP contribution in [0.15, 0.2) is 53.0 Å². The van der Waals surface area contributed by atoms with Gasteiger partial charge in [-0.25, -0.2) is 0 Å². The second kappa shape index (κ2) is 11.0. The highest BCUT2D eigenvalue weighted by Gasteiger charge is 2.20. The molecule has 1 heterocycles. The summed E-state index contributed by atoms with van der Waals surface area (Å²) < 4.78 is 12.9. The number of nitrogens with zero attached hydrogens (tertiary/aromatic N) is 5. The van der Waals surface area contributed by atoms with E-state index in [1.165, 1.54) is 0 Å². The molecule has 0 bridgehead atoms. The van der Waals surface area contributed by atoms with Crippen molar-refractivity contribution < 1.29 is 9.47 Å². The Morgan fingerprint density at radius 2 is 1.05 bits per heavy atom. The molecule has 8 nitrogen and oxygen atoms in total. The first kappa shape index (κ1) is 26.2. The van der Waals surface area contributed by atoms with Gasteiger partial charge in [0, 0.05) is 5.69 Å². The minimum absolute atomic E-state index is 0.200. The molecule has 0 fully saturated rings. The predicted octanol–water partition coefficient (Wildman–Crippen LogP) is 7.42. The minimum Gasteiger partial charge on any atom is -0.437 e. The summed E-state index contributed by atoms with van der Waals surface area (Å²) in [6, 6.07) is 20.2. The molecule has 4 rings (SSSR count). The van der Waals surface area contributed by atoms with E-state index in [0.717, 1.165) is 22.3 Å². The van der Waals surface area contributed by atoms with Crippen molar-refractivity contribution in [3.63, 3.8) is 0 Å². The zero-order chi connectivity index (χ0) is 27.4. The highest BCUT2D eigenvalue weighted by Crippen LogP contribution is 2.41. The Morgan fingerprint density at radius 1 is 0.658 bits per heavy atom. The monoisotopic (exact) mass is 564 g/mol. The van der Waals surface area contributed by atoms with Crippen LogP contribution < -0.4 is 14.8 Å². The maximum Gasteiger partial charge on any atom is 0.242 e. The van der Waals surface area contributed by atoms with Gasteiger partial charge in [0.15, 0.2) is 0 Å². The van der Waals surface area contributed by atoms with Crippen LogP contribution in [-0.4, -0.2) is 9.97 Å². The third-order valence-electron chi connectivity index (χ3n) is 5.64. The summed E-state index contributed by atoms with van der Waals surface area (Å²) in [6.07, 6.45) is 0. The van der Waals surface area contributed by atoms with Gasteiger partial charge in [-0.15, -0.1) is 0 Å². The molecule has 0 atom stereocenters. The number of nitriles is 3. The quantitative estimate of drug-likeness (QED) is 0.256. The van der Waals surface area contributed by atoms with Crippen molar-refractivity contribution in [2.24, 2.45) is 0 Å². The summed E-state index contributed by atoms with van der Waals surface area (Å²) in [5.41, 5.74) is 5.36. The van der Waals surface area contributed by atoms with Gasteiger partial charge in [-0.3, -0.25) is 0 Å². The standard InChI is InChI=1S/C29H21BrN6O2/c1-16-9-21(14-32)10-17(2)25(16)37-27-24(30)28(38-26-18(3)11-22(15-33)12-19(26)4)36-29(35-27)34-23-7-5-20(13-31)6-8-23/h5-12H,1-4H3,(H,34,35,36). The van der Waals surface area contributed by atoms with E-state index in [-0.39, 0.29) is 17.7 Å². The van der Waals surface area contributed by atoms with Crippen LogP contribution in [0.25, 0.3) is 0 Å². The van der Waals surface area contributed by atoms with Crippen LogP contribution >= 0.6 is 15.9 Å². The van der Waals surface area contributed by atoms with Gasteiger partial charge < -0.3 is 14.8 Å². The minimum atomic E-state index is 0.200. The molecule has 0 radical (unpaired) electrons. The highest BCUT2D eigenvalue weighted by molar-refractivity contribution is 9.10. The van der Waals surface area contributed by atoms with Crippen LogP contribution in [0.1, 0.15) is 38.9 Å². The summed E-state index contributed by atoms with van der Waals surface area (Å²) in [4.78, 5) is 9.12. The number of ether oxygens (including phenoxy) is 2. The molecule has 0 spiro atoms. The van der Waals surface area contributed by atoms with Crippen molar-refractivity contribution in [3.05, 3.63) is 91.9 Å². The van der Waals surface area contributed by atoms with Gasteiger partial charge in [0.05, 0.1) is 34.9 Å². The fourth-order valence-corrected chi connectivity index (χ4v) is 4.24. The maximum absolute atomic E-state index is 9.30. The lowest BCUT2D eigenvalue weighted by atomic mass is 10.1. The SMILES string of the molecule is Cc1cc(C#N)cc(C)c1Oc1nc(Nc2ccc(C#N)cc2)nc(Oc2c(C)cc(C#N)cc2C)c1Br. The van der Waals surface area contributed by atoms with Crippen LogP contribution in [0.5, 0.6) is 23.3 Å². The first-order chi connectivity index (χ1) is 18.2. The van der Waals surface area contributed by atoms with E-state index in [0.29, 0.717) is 38.3 Å². The van der Waals surface area contributed by atoms with Crippen LogP contribution in [-0.2, 0) is 0 Å². The van der Waals surface area contributed by atoms with Gasteiger partial charge >= 0.3 is 0 Å². The maximum atomic E-state index is 9.30. The molecule has 0 saturated carbocycles. The molecule has 3 aromatic carbocycles. The summed E-state index contributed by atoms with van der Waals surface area (Å²) in [5.74, 6) is 1.72. The zero-order valence-corrected chi connectivity index (χ0v) is 22.6. The normalized spacial score (nSPS) is 10.2. The Labute approximate surface area is 228 Å². The van der Waals surface area contributed by atoms with Crippen LogP contribution in [0.3, 0.4) is 0 Å². The fraction of sp³-hybridized carbons (Fsp3) is 0.138. The molecule has 0 aliphatic rings. The predicted molar refractivity (Wildman–Crippen MR) is 146 cm³/mol. The molecule has 186 valence electrons. The molecule has 1 N–H and O–H groups in total. The van der Waals surface area contributed by atoms with Gasteiger partial charge in [0.25, 0.3) is 0 Å². The van der Waals surface area contributed by atoms with Crippen LogP contribution in [0.4, 0.5) is 11.6 Å². The number of benzene rings is 3. The van der Waals surface area contributed by atoms with E-state index in [1.54, 1.807) is 48.5 Å². The molecule has 38 heavy (non-hydrogen) atoms. The van der Waals surface area contributed by atoms with Crippen molar-refractivity contribution in [2.75, 3.05) is 5.32 Å². The number of halogens is 1. The van der Waals surface area contributed by atoms with Crippen LogP contribution in [0, 0.1) is 61.7 Å². The number of hydrogen-bond donors (Lipinski definition) is 1. The molecule has 1 aromatic heterocycles. The van der Waals surface area contributed by atoms with E-state index in [2.05, 4.69) is 49.4 Å². The molecule has 0 saturated heterocycles. The van der Waals surface area contributed by atoms with Gasteiger partial charge in [-0.1, -0.05) is 0 Å². The van der Waals surface area contributed by atoms with Gasteiger partial charge in [0.2, 0.25) is 17.7 Å². The van der Waals surface area contributed by atoms with Gasteiger partial charge in [-0.2, -0.15) is 25.8 Å². The van der Waals surface area contributed by atoms with E-state index in [4.69, 9.17) is 14.7 Å². The molecular weight excluding hydrogens is 544 g/mol.